The first-order valence-corrected chi connectivity index (χ1v) is 5.78. The first-order chi connectivity index (χ1) is 6.91. The number of alkyl halides is 2. The van der Waals surface area contributed by atoms with Gasteiger partial charge in [-0.15, -0.1) is 65.8 Å². The monoisotopic (exact) mass is 326 g/mol. The van der Waals surface area contributed by atoms with Crippen LogP contribution >= 0.6 is 31.9 Å². The summed E-state index contributed by atoms with van der Waals surface area (Å²) in [6.07, 6.45) is 0. The minimum Gasteiger partial charge on any atom is -0.106 e. The molecule has 0 atom stereocenters. The lowest BCUT2D eigenvalue weighted by Crippen LogP contribution is -1.61. The van der Waals surface area contributed by atoms with Crippen molar-refractivity contribution in [2.75, 3.05) is 10.7 Å². The molecule has 0 unspecified atom stereocenters. The summed E-state index contributed by atoms with van der Waals surface area (Å²) in [5.74, 6) is 0. The van der Waals surface area contributed by atoms with Gasteiger partial charge in [0, 0.05) is 10.7 Å². The second kappa shape index (κ2) is 625. The predicted molar refractivity (Wildman–Crippen MR) is 83.9 cm³/mol. The second-order valence-corrected chi connectivity index (χ2v) is 1.96. The molecular formula is C12H24Br2. The zero-order valence-electron chi connectivity index (χ0n) is 9.24. The Bertz CT molecular complexity index is 34.0. The molecule has 0 saturated carbocycles. The molecule has 0 aromatic heterocycles. The Hall–Kier alpha value is -0.340. The Morgan fingerprint density at radius 2 is 0.500 bits per heavy atom. The maximum Gasteiger partial charge on any atom is 0.0129 e. The molecule has 0 bridgehead atoms. The van der Waals surface area contributed by atoms with Gasteiger partial charge in [0.25, 0.3) is 0 Å². The van der Waals surface area contributed by atoms with E-state index in [0.29, 0.717) is 0 Å². The fourth-order valence-electron chi connectivity index (χ4n) is 0. The average Bonchev–Trinajstić information content (AvgIpc) is 2.41. The third-order valence-electron chi connectivity index (χ3n) is 0.0714. The molecule has 2 heteroatoms. The second-order valence-electron chi connectivity index (χ2n) is 0.378. The van der Waals surface area contributed by atoms with Crippen LogP contribution in [0.1, 0.15) is 0 Å². The average molecular weight is 328 g/mol. The maximum absolute atomic E-state index is 3.20. The van der Waals surface area contributed by atoms with Crippen molar-refractivity contribution in [2.45, 2.75) is 0 Å². The largest absolute Gasteiger partial charge is 0.106 e. The van der Waals surface area contributed by atoms with Gasteiger partial charge in [-0.05, 0) is 0 Å². The van der Waals surface area contributed by atoms with E-state index in [1.807, 2.05) is 0 Å². The van der Waals surface area contributed by atoms with E-state index in [4.69, 9.17) is 0 Å². The minimum atomic E-state index is 1.05. The van der Waals surface area contributed by atoms with Crippen LogP contribution in [0.2, 0.25) is 0 Å². The summed E-state index contributed by atoms with van der Waals surface area (Å²) in [5, 5.41) is 2.10. The van der Waals surface area contributed by atoms with Gasteiger partial charge in [0.05, 0.1) is 0 Å². The number of hydrogen-bond acceptors (Lipinski definition) is 0. The highest BCUT2D eigenvalue weighted by molar-refractivity contribution is 9.11. The van der Waals surface area contributed by atoms with Crippen molar-refractivity contribution in [2.24, 2.45) is 0 Å². The quantitative estimate of drug-likeness (QED) is 0.422. The molecule has 0 saturated heterocycles. The molecule has 0 nitrogen and oxygen atoms in total. The Kier molecular flexibility index (Phi) is 1660. The lowest BCUT2D eigenvalue weighted by Gasteiger charge is -1.63. The summed E-state index contributed by atoms with van der Waals surface area (Å²) in [6, 6.07) is 0. The van der Waals surface area contributed by atoms with Crippen molar-refractivity contribution in [3.63, 3.8) is 0 Å². The molecule has 14 heavy (non-hydrogen) atoms. The van der Waals surface area contributed by atoms with E-state index in [1.165, 1.54) is 0 Å². The van der Waals surface area contributed by atoms with Crippen LogP contribution in [0.3, 0.4) is 0 Å². The summed E-state index contributed by atoms with van der Waals surface area (Å²) in [4.78, 5) is 0. The van der Waals surface area contributed by atoms with E-state index in [0.717, 1.165) is 10.7 Å². The molecule has 0 aliphatic heterocycles. The maximum atomic E-state index is 3.20. The summed E-state index contributed by atoms with van der Waals surface area (Å²) < 4.78 is 0. The third-order valence-corrected chi connectivity index (χ3v) is 1.93. The third kappa shape index (κ3) is 3040. The summed E-state index contributed by atoms with van der Waals surface area (Å²) >= 11 is 6.40. The fraction of sp³-hybridized carbons (Fsp3) is 0.167. The lowest BCUT2D eigenvalue weighted by atomic mass is 11.0. The molecule has 0 spiro atoms. The van der Waals surface area contributed by atoms with Crippen LogP contribution in [0, 0.1) is 0 Å². The molecule has 0 fully saturated rings. The van der Waals surface area contributed by atoms with Gasteiger partial charge in [-0.25, -0.2) is 0 Å². The fourth-order valence-corrected chi connectivity index (χ4v) is 0. The van der Waals surface area contributed by atoms with E-state index in [9.17, 15) is 0 Å². The van der Waals surface area contributed by atoms with Crippen LogP contribution in [-0.4, -0.2) is 10.7 Å². The van der Waals surface area contributed by atoms with E-state index >= 15 is 0 Å². The molecule has 0 heterocycles. The highest BCUT2D eigenvalue weighted by atomic mass is 79.9. The normalized spacial score (nSPS) is 3.57. The van der Waals surface area contributed by atoms with Crippen molar-refractivity contribution in [3.8, 4) is 0 Å². The van der Waals surface area contributed by atoms with Crippen LogP contribution in [0.4, 0.5) is 0 Å². The van der Waals surface area contributed by atoms with Gasteiger partial charge in [-0.3, -0.25) is 0 Å². The molecule has 0 aliphatic rings. The van der Waals surface area contributed by atoms with E-state index in [1.54, 1.807) is 0 Å². The summed E-state index contributed by atoms with van der Waals surface area (Å²) in [5.41, 5.74) is 0. The van der Waals surface area contributed by atoms with Gasteiger partial charge in [0.15, 0.2) is 0 Å². The lowest BCUT2D eigenvalue weighted by molar-refractivity contribution is 1.62. The van der Waals surface area contributed by atoms with Crippen LogP contribution in [0.25, 0.3) is 0 Å². The topological polar surface area (TPSA) is 0 Å². The Morgan fingerprint density at radius 3 is 0.500 bits per heavy atom. The van der Waals surface area contributed by atoms with E-state index < -0.39 is 0 Å². The van der Waals surface area contributed by atoms with Crippen molar-refractivity contribution in [1.82, 2.24) is 0 Å². The van der Waals surface area contributed by atoms with Gasteiger partial charge in [0.2, 0.25) is 0 Å². The van der Waals surface area contributed by atoms with Crippen LogP contribution in [-0.2, 0) is 0 Å². The summed E-state index contributed by atoms with van der Waals surface area (Å²) in [6.45, 7) is 30.0. The highest BCUT2D eigenvalue weighted by Crippen LogP contribution is 1.82. The Morgan fingerprint density at radius 1 is 0.429 bits per heavy atom. The molecule has 0 aromatic carbocycles. The number of rotatable bonds is 1. The first-order valence-electron chi connectivity index (χ1n) is 3.53. The smallest absolute Gasteiger partial charge is 0.0129 e. The standard InChI is InChI=1S/C2H4Br2.5C2H4/c3-1-2-4;5*1-2/h1-2H2;5*1-2H2. The molecule has 0 rings (SSSR count). The van der Waals surface area contributed by atoms with Crippen molar-refractivity contribution in [1.29, 1.82) is 0 Å². The zero-order chi connectivity index (χ0) is 13.4. The van der Waals surface area contributed by atoms with Crippen LogP contribution in [0.15, 0.2) is 65.8 Å². The molecular weight excluding hydrogens is 304 g/mol. The van der Waals surface area contributed by atoms with Crippen LogP contribution in [0.5, 0.6) is 0 Å². The van der Waals surface area contributed by atoms with E-state index in [-0.39, 0.29) is 0 Å². The molecule has 86 valence electrons. The van der Waals surface area contributed by atoms with Gasteiger partial charge in [0.1, 0.15) is 0 Å². The van der Waals surface area contributed by atoms with Gasteiger partial charge >= 0.3 is 0 Å². The molecule has 0 aliphatic carbocycles. The number of hydrogen-bond donors (Lipinski definition) is 0. The Balaban J connectivity index is -0.0000000143. The molecule has 0 radical (unpaired) electrons. The molecule has 0 amide bonds. The van der Waals surface area contributed by atoms with Crippen molar-refractivity contribution in [3.05, 3.63) is 65.8 Å². The van der Waals surface area contributed by atoms with Gasteiger partial charge < -0.3 is 0 Å². The predicted octanol–water partition coefficient (Wildman–Crippen LogP) is 5.79. The molecule has 0 aromatic rings. The van der Waals surface area contributed by atoms with Gasteiger partial charge in [-0.1, -0.05) is 31.9 Å². The minimum absolute atomic E-state index is 1.05. The zero-order valence-corrected chi connectivity index (χ0v) is 12.4. The Labute approximate surface area is 108 Å². The number of halogens is 2. The van der Waals surface area contributed by atoms with Gasteiger partial charge in [-0.2, -0.15) is 0 Å². The van der Waals surface area contributed by atoms with Crippen molar-refractivity contribution < 1.29 is 0 Å². The first kappa shape index (κ1) is 37.3. The SMILES string of the molecule is BrCCBr.C=C.C=C.C=C.C=C.C=C. The van der Waals surface area contributed by atoms with E-state index in [2.05, 4.69) is 97.6 Å². The highest BCUT2D eigenvalue weighted by Gasteiger charge is 1.60. The molecule has 0 N–H and O–H groups in total. The van der Waals surface area contributed by atoms with Crippen LogP contribution < -0.4 is 0 Å². The van der Waals surface area contributed by atoms with Crippen molar-refractivity contribution >= 4 is 31.9 Å². The summed E-state index contributed by atoms with van der Waals surface area (Å²) in [7, 11) is 0.